The molecule has 0 atom stereocenters. The number of benzene rings is 1. The monoisotopic (exact) mass is 336 g/mol. The average Bonchev–Trinajstić information content (AvgIpc) is 2.78. The zero-order valence-electron chi connectivity index (χ0n) is 14.5. The van der Waals surface area contributed by atoms with Gasteiger partial charge in [-0.1, -0.05) is 13.8 Å². The molecule has 0 bridgehead atoms. The van der Waals surface area contributed by atoms with Gasteiger partial charge in [0.05, 0.1) is 18.0 Å². The second-order valence-corrected chi connectivity index (χ2v) is 7.75. The zero-order chi connectivity index (χ0) is 17.4. The van der Waals surface area contributed by atoms with Crippen molar-refractivity contribution in [1.29, 1.82) is 0 Å². The molecule has 5 nitrogen and oxygen atoms in total. The molecule has 0 unspecified atom stereocenters. The molecule has 2 rings (SSSR count). The fourth-order valence-corrected chi connectivity index (χ4v) is 4.22. The van der Waals surface area contributed by atoms with E-state index < -0.39 is 10.0 Å². The first-order valence-corrected chi connectivity index (χ1v) is 9.18. The Bertz CT molecular complexity index is 821. The van der Waals surface area contributed by atoms with Gasteiger partial charge in [0.25, 0.3) is 10.0 Å². The average molecular weight is 336 g/mol. The van der Waals surface area contributed by atoms with Crippen molar-refractivity contribution >= 4 is 10.0 Å². The third kappa shape index (κ3) is 3.27. The summed E-state index contributed by atoms with van der Waals surface area (Å²) < 4.78 is 32.8. The summed E-state index contributed by atoms with van der Waals surface area (Å²) in [6, 6.07) is 5.27. The second kappa shape index (κ2) is 6.35. The fourth-order valence-electron chi connectivity index (χ4n) is 2.71. The van der Waals surface area contributed by atoms with Crippen LogP contribution >= 0.6 is 0 Å². The highest BCUT2D eigenvalue weighted by atomic mass is 32.2. The molecule has 0 amide bonds. The Balaban J connectivity index is 2.73. The van der Waals surface area contributed by atoms with Crippen LogP contribution in [-0.2, 0) is 10.0 Å². The lowest BCUT2D eigenvalue weighted by molar-refractivity contribution is 0.330. The smallest absolute Gasteiger partial charge is 0.286 e. The molecule has 0 fully saturated rings. The number of hydrogen-bond acceptors (Lipinski definition) is 4. The summed E-state index contributed by atoms with van der Waals surface area (Å²) in [7, 11) is -3.79. The summed E-state index contributed by atoms with van der Waals surface area (Å²) in [4.78, 5) is 0.167. The van der Waals surface area contributed by atoms with Crippen LogP contribution in [-0.4, -0.2) is 24.2 Å². The number of aryl methyl sites for hydroxylation is 3. The van der Waals surface area contributed by atoms with Crippen molar-refractivity contribution in [3.8, 4) is 5.75 Å². The molecular weight excluding hydrogens is 312 g/mol. The molecule has 0 saturated carbocycles. The molecule has 1 heterocycles. The Labute approximate surface area is 138 Å². The van der Waals surface area contributed by atoms with E-state index in [2.05, 4.69) is 5.10 Å². The molecule has 0 radical (unpaired) electrons. The van der Waals surface area contributed by atoms with Crippen molar-refractivity contribution in [2.45, 2.75) is 52.4 Å². The molecule has 0 aliphatic carbocycles. The second-order valence-electron chi connectivity index (χ2n) is 6.02. The van der Waals surface area contributed by atoms with Gasteiger partial charge >= 0.3 is 0 Å². The van der Waals surface area contributed by atoms with E-state index in [1.165, 1.54) is 0 Å². The summed E-state index contributed by atoms with van der Waals surface area (Å²) in [5.41, 5.74) is 3.26. The highest BCUT2D eigenvalue weighted by Crippen LogP contribution is 2.32. The third-order valence-electron chi connectivity index (χ3n) is 3.73. The lowest BCUT2D eigenvalue weighted by atomic mass is 9.98. The van der Waals surface area contributed by atoms with Gasteiger partial charge in [-0.3, -0.25) is 0 Å². The number of ether oxygens (including phenoxy) is 1. The Morgan fingerprint density at radius 2 is 1.83 bits per heavy atom. The maximum Gasteiger partial charge on any atom is 0.286 e. The summed E-state index contributed by atoms with van der Waals surface area (Å²) in [6.45, 7) is 11.8. The van der Waals surface area contributed by atoms with Crippen molar-refractivity contribution in [1.82, 2.24) is 9.19 Å². The van der Waals surface area contributed by atoms with Gasteiger partial charge in [0.1, 0.15) is 10.6 Å². The molecule has 1 aromatic heterocycles. The van der Waals surface area contributed by atoms with E-state index in [0.29, 0.717) is 23.7 Å². The highest BCUT2D eigenvalue weighted by molar-refractivity contribution is 7.90. The summed E-state index contributed by atoms with van der Waals surface area (Å²) in [6.07, 6.45) is 0. The maximum absolute atomic E-state index is 13.1. The Kier molecular flexibility index (Phi) is 4.84. The summed E-state index contributed by atoms with van der Waals surface area (Å²) in [5, 5.41) is 4.13. The van der Waals surface area contributed by atoms with Crippen LogP contribution in [0.2, 0.25) is 0 Å². The van der Waals surface area contributed by atoms with Crippen molar-refractivity contribution in [2.24, 2.45) is 0 Å². The first kappa shape index (κ1) is 17.5. The molecule has 0 spiro atoms. The van der Waals surface area contributed by atoms with Gasteiger partial charge in [0.2, 0.25) is 0 Å². The van der Waals surface area contributed by atoms with Gasteiger partial charge in [-0.05, 0) is 62.9 Å². The molecule has 0 saturated heterocycles. The van der Waals surface area contributed by atoms with Crippen LogP contribution in [0.4, 0.5) is 0 Å². The molecule has 6 heteroatoms. The number of nitrogens with zero attached hydrogens (tertiary/aromatic N) is 2. The minimum absolute atomic E-state index is 0.167. The molecule has 23 heavy (non-hydrogen) atoms. The largest absolute Gasteiger partial charge is 0.492 e. The lowest BCUT2D eigenvalue weighted by Crippen LogP contribution is -2.18. The molecule has 126 valence electrons. The minimum atomic E-state index is -3.79. The van der Waals surface area contributed by atoms with Crippen LogP contribution in [0.1, 0.15) is 49.2 Å². The van der Waals surface area contributed by atoms with E-state index in [-0.39, 0.29) is 10.8 Å². The van der Waals surface area contributed by atoms with Crippen LogP contribution in [0, 0.1) is 20.8 Å². The maximum atomic E-state index is 13.1. The van der Waals surface area contributed by atoms with Gasteiger partial charge in [-0.25, -0.2) is 0 Å². The molecule has 0 N–H and O–H groups in total. The van der Waals surface area contributed by atoms with Crippen LogP contribution in [0.3, 0.4) is 0 Å². The normalized spacial score (nSPS) is 12.0. The van der Waals surface area contributed by atoms with Crippen LogP contribution in [0.5, 0.6) is 5.75 Å². The van der Waals surface area contributed by atoms with Crippen LogP contribution < -0.4 is 4.74 Å². The number of hydrogen-bond donors (Lipinski definition) is 0. The predicted octanol–water partition coefficient (Wildman–Crippen LogP) is 3.57. The SMILES string of the molecule is CCOc1cc(C)c(C(C)C)cc1S(=O)(=O)n1nc(C)cc1C. The van der Waals surface area contributed by atoms with Gasteiger partial charge < -0.3 is 4.74 Å². The highest BCUT2D eigenvalue weighted by Gasteiger charge is 2.26. The minimum Gasteiger partial charge on any atom is -0.492 e. The van der Waals surface area contributed by atoms with Crippen molar-refractivity contribution in [2.75, 3.05) is 6.61 Å². The van der Waals surface area contributed by atoms with Crippen molar-refractivity contribution in [3.63, 3.8) is 0 Å². The van der Waals surface area contributed by atoms with Crippen LogP contribution in [0.15, 0.2) is 23.1 Å². The standard InChI is InChI=1S/C17H24N2O3S/c1-7-22-16-8-12(4)15(11(2)3)10-17(16)23(20,21)19-14(6)9-13(5)18-19/h8-11H,7H2,1-6H3. The van der Waals surface area contributed by atoms with Gasteiger partial charge in [0, 0.05) is 0 Å². The molecule has 0 aliphatic rings. The summed E-state index contributed by atoms with van der Waals surface area (Å²) >= 11 is 0. The Hall–Kier alpha value is -1.82. The number of aromatic nitrogens is 2. The summed E-state index contributed by atoms with van der Waals surface area (Å²) in [5.74, 6) is 0.599. The first-order chi connectivity index (χ1) is 10.7. The Morgan fingerprint density at radius 1 is 1.17 bits per heavy atom. The van der Waals surface area contributed by atoms with E-state index in [4.69, 9.17) is 4.74 Å². The van der Waals surface area contributed by atoms with E-state index in [0.717, 1.165) is 15.2 Å². The third-order valence-corrected chi connectivity index (χ3v) is 5.43. The van der Waals surface area contributed by atoms with E-state index in [9.17, 15) is 8.42 Å². The van der Waals surface area contributed by atoms with E-state index in [1.807, 2.05) is 27.7 Å². The zero-order valence-corrected chi connectivity index (χ0v) is 15.4. The fraction of sp³-hybridized carbons (Fsp3) is 0.471. The predicted molar refractivity (Wildman–Crippen MR) is 90.7 cm³/mol. The molecular formula is C17H24N2O3S. The number of rotatable bonds is 5. The van der Waals surface area contributed by atoms with Crippen molar-refractivity contribution in [3.05, 3.63) is 40.7 Å². The molecule has 2 aromatic rings. The quantitative estimate of drug-likeness (QED) is 0.837. The Morgan fingerprint density at radius 3 is 2.30 bits per heavy atom. The lowest BCUT2D eigenvalue weighted by Gasteiger charge is -2.17. The molecule has 0 aliphatic heterocycles. The van der Waals surface area contributed by atoms with E-state index >= 15 is 0 Å². The van der Waals surface area contributed by atoms with Gasteiger partial charge in [-0.15, -0.1) is 0 Å². The van der Waals surface area contributed by atoms with Gasteiger partial charge in [0.15, 0.2) is 0 Å². The van der Waals surface area contributed by atoms with E-state index in [1.54, 1.807) is 32.0 Å². The van der Waals surface area contributed by atoms with Crippen molar-refractivity contribution < 1.29 is 13.2 Å². The topological polar surface area (TPSA) is 61.2 Å². The van der Waals surface area contributed by atoms with Gasteiger partial charge in [-0.2, -0.15) is 17.6 Å². The van der Waals surface area contributed by atoms with Crippen LogP contribution in [0.25, 0.3) is 0 Å². The molecule has 1 aromatic carbocycles. The first-order valence-electron chi connectivity index (χ1n) is 7.74.